The maximum absolute atomic E-state index is 13.1. The highest BCUT2D eigenvalue weighted by Gasteiger charge is 2.33. The van der Waals surface area contributed by atoms with Crippen molar-refractivity contribution in [1.29, 1.82) is 0 Å². The van der Waals surface area contributed by atoms with Gasteiger partial charge in [0.05, 0.1) is 30.9 Å². The fraction of sp³-hybridized carbons (Fsp3) is 0.632. The molecular formula is C19H29N5O2. The van der Waals surface area contributed by atoms with Gasteiger partial charge in [-0.3, -0.25) is 9.48 Å². The molecule has 0 radical (unpaired) electrons. The Hall–Kier alpha value is -2.15. The van der Waals surface area contributed by atoms with E-state index in [1.54, 1.807) is 4.68 Å². The van der Waals surface area contributed by atoms with Crippen molar-refractivity contribution < 1.29 is 9.53 Å². The highest BCUT2D eigenvalue weighted by Crippen LogP contribution is 2.29. The molecule has 1 aliphatic rings. The number of hydrogen-bond donors (Lipinski definition) is 0. The smallest absolute Gasteiger partial charge is 0.272 e. The van der Waals surface area contributed by atoms with E-state index in [0.29, 0.717) is 37.9 Å². The van der Waals surface area contributed by atoms with Crippen molar-refractivity contribution in [3.05, 3.63) is 35.2 Å². The molecule has 142 valence electrons. The van der Waals surface area contributed by atoms with Crippen LogP contribution in [-0.2, 0) is 24.9 Å². The third kappa shape index (κ3) is 3.67. The van der Waals surface area contributed by atoms with Crippen molar-refractivity contribution >= 4 is 5.91 Å². The SMILES string of the molecule is CCn1nc(C)cc1C(=O)N1Cc2ncn(C)c2[C@H](COCC(C)C)C1. The maximum Gasteiger partial charge on any atom is 0.272 e. The molecule has 0 unspecified atom stereocenters. The summed E-state index contributed by atoms with van der Waals surface area (Å²) in [5, 5.41) is 4.41. The lowest BCUT2D eigenvalue weighted by atomic mass is 9.98. The molecule has 0 aromatic carbocycles. The van der Waals surface area contributed by atoms with Crippen LogP contribution in [0.2, 0.25) is 0 Å². The molecule has 0 fully saturated rings. The Balaban J connectivity index is 1.82. The van der Waals surface area contributed by atoms with Gasteiger partial charge in [-0.05, 0) is 25.8 Å². The largest absolute Gasteiger partial charge is 0.380 e. The lowest BCUT2D eigenvalue weighted by Gasteiger charge is -2.33. The molecule has 0 bridgehead atoms. The number of amides is 1. The van der Waals surface area contributed by atoms with Gasteiger partial charge < -0.3 is 14.2 Å². The van der Waals surface area contributed by atoms with Gasteiger partial charge in [0.15, 0.2) is 0 Å². The van der Waals surface area contributed by atoms with E-state index in [4.69, 9.17) is 4.74 Å². The van der Waals surface area contributed by atoms with Crippen molar-refractivity contribution in [3.63, 3.8) is 0 Å². The van der Waals surface area contributed by atoms with Crippen LogP contribution in [0.4, 0.5) is 0 Å². The molecule has 7 heteroatoms. The Morgan fingerprint density at radius 2 is 2.19 bits per heavy atom. The average Bonchev–Trinajstić information content (AvgIpc) is 3.16. The second-order valence-electron chi connectivity index (χ2n) is 7.49. The van der Waals surface area contributed by atoms with Gasteiger partial charge in [0.1, 0.15) is 5.69 Å². The second kappa shape index (κ2) is 7.61. The van der Waals surface area contributed by atoms with Crippen LogP contribution >= 0.6 is 0 Å². The van der Waals surface area contributed by atoms with Crippen molar-refractivity contribution in [2.24, 2.45) is 13.0 Å². The van der Waals surface area contributed by atoms with E-state index in [1.807, 2.05) is 38.2 Å². The van der Waals surface area contributed by atoms with Gasteiger partial charge in [0, 0.05) is 38.4 Å². The Kier molecular flexibility index (Phi) is 5.46. The van der Waals surface area contributed by atoms with Crippen LogP contribution in [0.1, 0.15) is 54.3 Å². The van der Waals surface area contributed by atoms with Crippen molar-refractivity contribution in [2.45, 2.75) is 46.7 Å². The molecule has 1 aliphatic heterocycles. The summed E-state index contributed by atoms with van der Waals surface area (Å²) in [7, 11) is 2.01. The number of nitrogens with zero attached hydrogens (tertiary/aromatic N) is 5. The van der Waals surface area contributed by atoms with Crippen LogP contribution < -0.4 is 0 Å². The minimum atomic E-state index is 0.0117. The normalized spacial score (nSPS) is 17.0. The lowest BCUT2D eigenvalue weighted by Crippen LogP contribution is -2.41. The molecule has 26 heavy (non-hydrogen) atoms. The molecule has 2 aromatic heterocycles. The molecule has 7 nitrogen and oxygen atoms in total. The van der Waals surface area contributed by atoms with E-state index in [9.17, 15) is 4.79 Å². The number of hydrogen-bond acceptors (Lipinski definition) is 4. The summed E-state index contributed by atoms with van der Waals surface area (Å²) in [5.41, 5.74) is 3.65. The van der Waals surface area contributed by atoms with Crippen LogP contribution in [-0.4, -0.2) is 49.9 Å². The van der Waals surface area contributed by atoms with E-state index in [-0.39, 0.29) is 11.8 Å². The Labute approximate surface area is 155 Å². The number of carbonyl (C=O) groups is 1. The number of fused-ring (bicyclic) bond motifs is 1. The predicted octanol–water partition coefficient (Wildman–Crippen LogP) is 2.36. The fourth-order valence-corrected chi connectivity index (χ4v) is 3.58. The number of aromatic nitrogens is 4. The average molecular weight is 359 g/mol. The summed E-state index contributed by atoms with van der Waals surface area (Å²) >= 11 is 0. The highest BCUT2D eigenvalue weighted by atomic mass is 16.5. The Bertz CT molecular complexity index is 777. The van der Waals surface area contributed by atoms with Crippen LogP contribution in [0, 0.1) is 12.8 Å². The van der Waals surface area contributed by atoms with Gasteiger partial charge in [-0.25, -0.2) is 4.98 Å². The van der Waals surface area contributed by atoms with E-state index < -0.39 is 0 Å². The summed E-state index contributed by atoms with van der Waals surface area (Å²) in [6.45, 7) is 11.4. The number of rotatable bonds is 6. The number of carbonyl (C=O) groups excluding carboxylic acids is 1. The van der Waals surface area contributed by atoms with E-state index in [2.05, 4.69) is 28.5 Å². The molecule has 2 aromatic rings. The molecule has 3 rings (SSSR count). The van der Waals surface area contributed by atoms with Gasteiger partial charge in [0.2, 0.25) is 0 Å². The summed E-state index contributed by atoms with van der Waals surface area (Å²) in [4.78, 5) is 19.5. The molecule has 0 saturated heterocycles. The van der Waals surface area contributed by atoms with Gasteiger partial charge >= 0.3 is 0 Å². The van der Waals surface area contributed by atoms with Crippen LogP contribution in [0.25, 0.3) is 0 Å². The number of ether oxygens (including phenoxy) is 1. The van der Waals surface area contributed by atoms with E-state index in [1.165, 1.54) is 5.69 Å². The number of imidazole rings is 1. The third-order valence-corrected chi connectivity index (χ3v) is 4.71. The van der Waals surface area contributed by atoms with Crippen LogP contribution in [0.3, 0.4) is 0 Å². The van der Waals surface area contributed by atoms with E-state index >= 15 is 0 Å². The number of aryl methyl sites for hydroxylation is 3. The van der Waals surface area contributed by atoms with Crippen molar-refractivity contribution in [3.8, 4) is 0 Å². The molecule has 3 heterocycles. The Morgan fingerprint density at radius 3 is 2.88 bits per heavy atom. The van der Waals surface area contributed by atoms with Gasteiger partial charge in [-0.15, -0.1) is 0 Å². The van der Waals surface area contributed by atoms with Gasteiger partial charge in [-0.2, -0.15) is 5.10 Å². The molecule has 0 spiro atoms. The minimum Gasteiger partial charge on any atom is -0.380 e. The summed E-state index contributed by atoms with van der Waals surface area (Å²) in [6.07, 6.45) is 1.83. The maximum atomic E-state index is 13.1. The zero-order valence-electron chi connectivity index (χ0n) is 16.4. The fourth-order valence-electron chi connectivity index (χ4n) is 3.58. The summed E-state index contributed by atoms with van der Waals surface area (Å²) < 4.78 is 9.73. The minimum absolute atomic E-state index is 0.0117. The van der Waals surface area contributed by atoms with Gasteiger partial charge in [0.25, 0.3) is 5.91 Å². The lowest BCUT2D eigenvalue weighted by molar-refractivity contribution is 0.0583. The van der Waals surface area contributed by atoms with Crippen LogP contribution in [0.5, 0.6) is 0 Å². The molecule has 0 N–H and O–H groups in total. The molecule has 0 aliphatic carbocycles. The topological polar surface area (TPSA) is 65.2 Å². The van der Waals surface area contributed by atoms with E-state index in [0.717, 1.165) is 18.0 Å². The standard InChI is InChI=1S/C19H29N5O2/c1-6-24-17(7-14(4)21-24)19(25)23-8-15(11-26-10-13(2)3)18-16(9-23)20-12-22(18)5/h7,12-13,15H,6,8-11H2,1-5H3/t15-/m0/s1. The highest BCUT2D eigenvalue weighted by molar-refractivity contribution is 5.92. The monoisotopic (exact) mass is 359 g/mol. The zero-order valence-corrected chi connectivity index (χ0v) is 16.4. The van der Waals surface area contributed by atoms with Crippen molar-refractivity contribution in [2.75, 3.05) is 19.8 Å². The first kappa shape index (κ1) is 18.6. The zero-order chi connectivity index (χ0) is 18.8. The molecule has 1 amide bonds. The quantitative estimate of drug-likeness (QED) is 0.794. The predicted molar refractivity (Wildman–Crippen MR) is 99.0 cm³/mol. The van der Waals surface area contributed by atoms with Gasteiger partial charge in [-0.1, -0.05) is 13.8 Å². The Morgan fingerprint density at radius 1 is 1.42 bits per heavy atom. The third-order valence-electron chi connectivity index (χ3n) is 4.71. The summed E-state index contributed by atoms with van der Waals surface area (Å²) in [5.74, 6) is 0.634. The second-order valence-corrected chi connectivity index (χ2v) is 7.49. The summed E-state index contributed by atoms with van der Waals surface area (Å²) in [6, 6.07) is 1.87. The first-order valence-electron chi connectivity index (χ1n) is 9.32. The first-order valence-corrected chi connectivity index (χ1v) is 9.32. The van der Waals surface area contributed by atoms with Crippen LogP contribution in [0.15, 0.2) is 12.4 Å². The molecule has 1 atom stereocenters. The van der Waals surface area contributed by atoms with Crippen molar-refractivity contribution in [1.82, 2.24) is 24.2 Å². The first-order chi connectivity index (χ1) is 12.4. The molecular weight excluding hydrogens is 330 g/mol. The molecule has 0 saturated carbocycles.